The van der Waals surface area contributed by atoms with E-state index >= 15 is 0 Å². The van der Waals surface area contributed by atoms with Crippen LogP contribution in [0.2, 0.25) is 0 Å². The molecule has 0 aromatic heterocycles. The Morgan fingerprint density at radius 1 is 1.38 bits per heavy atom. The molecule has 1 heteroatoms. The second-order valence-electron chi connectivity index (χ2n) is 2.69. The van der Waals surface area contributed by atoms with Gasteiger partial charge in [-0.1, -0.05) is 11.8 Å². The van der Waals surface area contributed by atoms with Gasteiger partial charge in [-0.2, -0.15) is 0 Å². The molecule has 0 aliphatic rings. The largest absolute Gasteiger partial charge is 0.113 e. The number of alkyl halides is 1. The first-order valence-electron chi connectivity index (χ1n) is 2.62. The Bertz CT molecular complexity index is 109. The summed E-state index contributed by atoms with van der Waals surface area (Å²) in [5.74, 6) is 6.23. The van der Waals surface area contributed by atoms with Gasteiger partial charge in [0.15, 0.2) is 0 Å². The molecule has 0 aromatic rings. The minimum Gasteiger partial charge on any atom is -0.113 e. The Kier molecular flexibility index (Phi) is 2.94. The van der Waals surface area contributed by atoms with Crippen molar-refractivity contribution in [2.45, 2.75) is 20.8 Å². The van der Waals surface area contributed by atoms with Crippen LogP contribution >= 0.6 is 11.6 Å². The zero-order valence-electron chi connectivity index (χ0n) is 5.59. The average Bonchev–Trinajstić information content (AvgIpc) is 1.59. The summed E-state index contributed by atoms with van der Waals surface area (Å²) in [6.45, 7) is 6.19. The Morgan fingerprint density at radius 2 is 1.88 bits per heavy atom. The summed E-state index contributed by atoms with van der Waals surface area (Å²) in [5.41, 5.74) is 0.106. The molecule has 0 saturated heterocycles. The molecule has 0 heterocycles. The highest BCUT2D eigenvalue weighted by Crippen LogP contribution is 2.09. The van der Waals surface area contributed by atoms with E-state index in [4.69, 9.17) is 11.6 Å². The van der Waals surface area contributed by atoms with E-state index in [0.717, 1.165) is 0 Å². The molecule has 0 amide bonds. The maximum atomic E-state index is 5.33. The van der Waals surface area contributed by atoms with E-state index < -0.39 is 0 Å². The van der Waals surface area contributed by atoms with E-state index in [1.54, 1.807) is 0 Å². The fraction of sp³-hybridized carbons (Fsp3) is 0.714. The quantitative estimate of drug-likeness (QED) is 0.349. The normalized spacial score (nSPS) is 10.0. The molecule has 0 bridgehead atoms. The second kappa shape index (κ2) is 2.99. The van der Waals surface area contributed by atoms with Gasteiger partial charge in [-0.25, -0.2) is 0 Å². The van der Waals surface area contributed by atoms with Gasteiger partial charge >= 0.3 is 0 Å². The molecule has 46 valence electrons. The molecule has 0 saturated carbocycles. The van der Waals surface area contributed by atoms with Crippen molar-refractivity contribution in [1.82, 2.24) is 0 Å². The Morgan fingerprint density at radius 3 is 2.00 bits per heavy atom. The van der Waals surface area contributed by atoms with Crippen molar-refractivity contribution < 1.29 is 0 Å². The van der Waals surface area contributed by atoms with Crippen LogP contribution in [-0.4, -0.2) is 5.88 Å². The number of hydrogen-bond donors (Lipinski definition) is 0. The van der Waals surface area contributed by atoms with Crippen molar-refractivity contribution >= 4 is 11.6 Å². The van der Waals surface area contributed by atoms with Gasteiger partial charge in [0.2, 0.25) is 0 Å². The number of halogens is 1. The molecule has 0 N–H and O–H groups in total. The highest BCUT2D eigenvalue weighted by molar-refractivity contribution is 6.19. The van der Waals surface area contributed by atoms with Crippen LogP contribution in [0.15, 0.2) is 0 Å². The van der Waals surface area contributed by atoms with Crippen molar-refractivity contribution in [3.63, 3.8) is 0 Å². The molecular formula is C7H11Cl. The van der Waals surface area contributed by atoms with Gasteiger partial charge in [-0.15, -0.1) is 11.6 Å². The Hall–Kier alpha value is -0.150. The highest BCUT2D eigenvalue weighted by atomic mass is 35.5. The molecular weight excluding hydrogens is 120 g/mol. The van der Waals surface area contributed by atoms with Gasteiger partial charge < -0.3 is 0 Å². The molecule has 0 nitrogen and oxygen atoms in total. The monoisotopic (exact) mass is 130 g/mol. The minimum atomic E-state index is 0.106. The number of hydrogen-bond acceptors (Lipinski definition) is 0. The predicted molar refractivity (Wildman–Crippen MR) is 38.0 cm³/mol. The highest BCUT2D eigenvalue weighted by Gasteiger charge is 2.01. The van der Waals surface area contributed by atoms with Gasteiger partial charge in [0.05, 0.1) is 5.88 Å². The SMILES string of the molecule is CC(C)(C)C#CCCl. The molecule has 0 aromatic carbocycles. The van der Waals surface area contributed by atoms with Crippen molar-refractivity contribution in [2.24, 2.45) is 5.41 Å². The lowest BCUT2D eigenvalue weighted by Crippen LogP contribution is -1.99. The average molecular weight is 131 g/mol. The summed E-state index contributed by atoms with van der Waals surface area (Å²) in [6.07, 6.45) is 0. The summed E-state index contributed by atoms with van der Waals surface area (Å²) in [5, 5.41) is 0. The van der Waals surface area contributed by atoms with Crippen molar-refractivity contribution in [3.8, 4) is 11.8 Å². The van der Waals surface area contributed by atoms with E-state index in [1.165, 1.54) is 0 Å². The van der Waals surface area contributed by atoms with Crippen LogP contribution in [0.5, 0.6) is 0 Å². The van der Waals surface area contributed by atoms with Crippen LogP contribution in [0.4, 0.5) is 0 Å². The van der Waals surface area contributed by atoms with Gasteiger partial charge in [-0.05, 0) is 20.8 Å². The topological polar surface area (TPSA) is 0 Å². The lowest BCUT2D eigenvalue weighted by atomic mass is 9.98. The minimum absolute atomic E-state index is 0.106. The molecule has 0 atom stereocenters. The Balaban J connectivity index is 3.69. The third-order valence-electron chi connectivity index (χ3n) is 0.530. The van der Waals surface area contributed by atoms with E-state index in [1.807, 2.05) is 0 Å². The maximum absolute atomic E-state index is 5.33. The van der Waals surface area contributed by atoms with Gasteiger partial charge in [0.25, 0.3) is 0 Å². The zero-order chi connectivity index (χ0) is 6.62. The van der Waals surface area contributed by atoms with E-state index in [-0.39, 0.29) is 5.41 Å². The van der Waals surface area contributed by atoms with Crippen LogP contribution in [0.25, 0.3) is 0 Å². The summed E-state index contributed by atoms with van der Waals surface area (Å²) >= 11 is 5.33. The van der Waals surface area contributed by atoms with Crippen LogP contribution in [-0.2, 0) is 0 Å². The molecule has 0 rings (SSSR count). The molecule has 0 radical (unpaired) electrons. The van der Waals surface area contributed by atoms with E-state index in [0.29, 0.717) is 5.88 Å². The predicted octanol–water partition coefficient (Wildman–Crippen LogP) is 2.27. The lowest BCUT2D eigenvalue weighted by Gasteiger charge is -2.05. The van der Waals surface area contributed by atoms with Crippen LogP contribution in [0.3, 0.4) is 0 Å². The standard InChI is InChI=1S/C7H11Cl/c1-7(2,3)5-4-6-8/h6H2,1-3H3. The maximum Gasteiger partial charge on any atom is 0.0835 e. The van der Waals surface area contributed by atoms with Crippen LogP contribution in [0, 0.1) is 17.3 Å². The van der Waals surface area contributed by atoms with Gasteiger partial charge in [-0.3, -0.25) is 0 Å². The molecule has 0 fully saturated rings. The number of rotatable bonds is 0. The first kappa shape index (κ1) is 7.85. The molecule has 0 aliphatic heterocycles. The van der Waals surface area contributed by atoms with Crippen molar-refractivity contribution in [2.75, 3.05) is 5.88 Å². The molecule has 0 spiro atoms. The smallest absolute Gasteiger partial charge is 0.0835 e. The van der Waals surface area contributed by atoms with Crippen molar-refractivity contribution in [1.29, 1.82) is 0 Å². The van der Waals surface area contributed by atoms with Crippen LogP contribution < -0.4 is 0 Å². The molecule has 0 aliphatic carbocycles. The molecule has 8 heavy (non-hydrogen) atoms. The molecule has 0 unspecified atom stereocenters. The van der Waals surface area contributed by atoms with Gasteiger partial charge in [0.1, 0.15) is 0 Å². The summed E-state index contributed by atoms with van der Waals surface area (Å²) < 4.78 is 0. The summed E-state index contributed by atoms with van der Waals surface area (Å²) in [4.78, 5) is 0. The summed E-state index contributed by atoms with van der Waals surface area (Å²) in [6, 6.07) is 0. The van der Waals surface area contributed by atoms with Gasteiger partial charge in [0, 0.05) is 5.41 Å². The van der Waals surface area contributed by atoms with E-state index in [2.05, 4.69) is 32.6 Å². The van der Waals surface area contributed by atoms with Crippen molar-refractivity contribution in [3.05, 3.63) is 0 Å². The third-order valence-corrected chi connectivity index (χ3v) is 0.664. The lowest BCUT2D eigenvalue weighted by molar-refractivity contribution is 0.571. The fourth-order valence-corrected chi connectivity index (χ4v) is 0.365. The zero-order valence-corrected chi connectivity index (χ0v) is 6.34. The fourth-order valence-electron chi connectivity index (χ4n) is 0.299. The first-order chi connectivity index (χ1) is 3.56. The first-order valence-corrected chi connectivity index (χ1v) is 3.16. The Labute approximate surface area is 56.2 Å². The van der Waals surface area contributed by atoms with E-state index in [9.17, 15) is 0 Å². The van der Waals surface area contributed by atoms with Crippen LogP contribution in [0.1, 0.15) is 20.8 Å². The summed E-state index contributed by atoms with van der Waals surface area (Å²) in [7, 11) is 0. The third kappa shape index (κ3) is 5.85. The second-order valence-corrected chi connectivity index (χ2v) is 2.95.